The zero-order chi connectivity index (χ0) is 32.2. The van der Waals surface area contributed by atoms with E-state index in [0.717, 1.165) is 18.3 Å². The summed E-state index contributed by atoms with van der Waals surface area (Å²) in [4.78, 5) is 37.2. The number of hydrogen-bond donors (Lipinski definition) is 2. The summed E-state index contributed by atoms with van der Waals surface area (Å²) in [6.07, 6.45) is 1.78. The third-order valence-corrected chi connectivity index (χ3v) is 7.77. The van der Waals surface area contributed by atoms with Crippen LogP contribution in [-0.4, -0.2) is 62.7 Å². The van der Waals surface area contributed by atoms with Crippen molar-refractivity contribution in [2.24, 2.45) is 4.99 Å². The molecule has 0 fully saturated rings. The highest BCUT2D eigenvalue weighted by Crippen LogP contribution is 2.38. The number of aromatic hydroxyl groups is 1. The minimum atomic E-state index is -1.96. The van der Waals surface area contributed by atoms with E-state index in [1.54, 1.807) is 18.9 Å². The number of nitrogens with zero attached hydrogens (tertiary/aromatic N) is 4. The first-order chi connectivity index (χ1) is 21.6. The fourth-order valence-electron chi connectivity index (χ4n) is 4.24. The number of aliphatic imine (C=N–C) groups is 1. The van der Waals surface area contributed by atoms with E-state index in [1.807, 2.05) is 6.07 Å². The van der Waals surface area contributed by atoms with E-state index < -0.39 is 51.2 Å². The molecule has 12 nitrogen and oxygen atoms in total. The molecule has 1 atom stereocenters. The van der Waals surface area contributed by atoms with Gasteiger partial charge in [0.1, 0.15) is 33.0 Å². The lowest BCUT2D eigenvalue weighted by molar-refractivity contribution is 0.0524. The van der Waals surface area contributed by atoms with Gasteiger partial charge in [-0.3, -0.25) is 9.79 Å². The van der Waals surface area contributed by atoms with Crippen LogP contribution >= 0.6 is 0 Å². The summed E-state index contributed by atoms with van der Waals surface area (Å²) < 4.78 is 59.8. The van der Waals surface area contributed by atoms with E-state index in [1.165, 1.54) is 30.3 Å². The summed E-state index contributed by atoms with van der Waals surface area (Å²) in [7, 11) is -0.218. The van der Waals surface area contributed by atoms with E-state index in [0.29, 0.717) is 25.1 Å². The number of aromatic amines is 1. The molecule has 0 saturated heterocycles. The zero-order valence-corrected chi connectivity index (χ0v) is 24.5. The van der Waals surface area contributed by atoms with Crippen molar-refractivity contribution in [3.05, 3.63) is 93.4 Å². The molecule has 2 aromatic heterocycles. The molecule has 1 aliphatic rings. The summed E-state index contributed by atoms with van der Waals surface area (Å²) in [5, 5.41) is 19.2. The Labute approximate surface area is 256 Å². The number of carbonyl (C=O) groups is 1. The highest BCUT2D eigenvalue weighted by molar-refractivity contribution is 7.85. The fraction of sp³-hybridized carbons (Fsp3) is 0.167. The number of ether oxygens (including phenoxy) is 3. The fourth-order valence-corrected chi connectivity index (χ4v) is 5.29. The molecule has 1 unspecified atom stereocenters. The van der Waals surface area contributed by atoms with Crippen LogP contribution in [0.15, 0.2) is 74.6 Å². The van der Waals surface area contributed by atoms with Gasteiger partial charge in [-0.15, -0.1) is 0 Å². The molecule has 230 valence electrons. The van der Waals surface area contributed by atoms with E-state index in [2.05, 4.69) is 15.0 Å². The number of halogens is 2. The van der Waals surface area contributed by atoms with Gasteiger partial charge in [-0.05, 0) is 37.3 Å². The number of benzene rings is 2. The quantitative estimate of drug-likeness (QED) is 0.254. The zero-order valence-electron chi connectivity index (χ0n) is 23.7. The summed E-state index contributed by atoms with van der Waals surface area (Å²) in [5.74, 6) is -5.32. The Bertz CT molecular complexity index is 1980. The summed E-state index contributed by atoms with van der Waals surface area (Å²) in [6.45, 7) is 2.62. The van der Waals surface area contributed by atoms with Crippen molar-refractivity contribution >= 4 is 22.6 Å². The molecule has 1 aliphatic heterocycles. The van der Waals surface area contributed by atoms with Crippen molar-refractivity contribution in [2.45, 2.75) is 16.8 Å². The highest BCUT2D eigenvalue weighted by atomic mass is 32.2. The Morgan fingerprint density at radius 1 is 1.18 bits per heavy atom. The molecular weight excluding hydrogens is 612 g/mol. The van der Waals surface area contributed by atoms with Gasteiger partial charge in [0, 0.05) is 36.8 Å². The van der Waals surface area contributed by atoms with Gasteiger partial charge >= 0.3 is 5.97 Å². The highest BCUT2D eigenvalue weighted by Gasteiger charge is 2.26. The number of nitrogens with one attached hydrogen (secondary N) is 1. The van der Waals surface area contributed by atoms with Crippen LogP contribution in [0.25, 0.3) is 0 Å². The third-order valence-electron chi connectivity index (χ3n) is 6.45. The van der Waals surface area contributed by atoms with Crippen LogP contribution in [0.5, 0.6) is 28.9 Å². The molecule has 0 spiro atoms. The smallest absolute Gasteiger partial charge is 0.343 e. The largest absolute Gasteiger partial charge is 0.504 e. The van der Waals surface area contributed by atoms with E-state index in [4.69, 9.17) is 19.5 Å². The van der Waals surface area contributed by atoms with Gasteiger partial charge in [-0.25, -0.2) is 18.4 Å². The Hall–Kier alpha value is -5.62. The van der Waals surface area contributed by atoms with Crippen molar-refractivity contribution in [1.82, 2.24) is 14.9 Å². The van der Waals surface area contributed by atoms with Crippen LogP contribution in [0.3, 0.4) is 0 Å². The first-order valence-corrected chi connectivity index (χ1v) is 14.4. The van der Waals surface area contributed by atoms with Crippen LogP contribution in [0, 0.1) is 23.0 Å². The minimum absolute atomic E-state index is 0.00823. The molecule has 0 aliphatic carbocycles. The molecule has 0 bridgehead atoms. The normalized spacial score (nSPS) is 13.1. The maximum absolute atomic E-state index is 15.6. The Morgan fingerprint density at radius 3 is 2.67 bits per heavy atom. The van der Waals surface area contributed by atoms with Crippen molar-refractivity contribution < 1.29 is 37.1 Å². The molecule has 0 radical (unpaired) electrons. The van der Waals surface area contributed by atoms with Gasteiger partial charge in [-0.2, -0.15) is 9.65 Å². The van der Waals surface area contributed by atoms with Gasteiger partial charge in [0.15, 0.2) is 22.7 Å². The first kappa shape index (κ1) is 30.8. The Balaban J connectivity index is 1.51. The van der Waals surface area contributed by atoms with Crippen molar-refractivity contribution in [2.75, 3.05) is 26.7 Å². The number of nitriles is 1. The molecule has 0 amide bonds. The van der Waals surface area contributed by atoms with E-state index in [-0.39, 0.29) is 44.7 Å². The first-order valence-electron chi connectivity index (χ1n) is 13.3. The van der Waals surface area contributed by atoms with Crippen LogP contribution in [-0.2, 0) is 15.5 Å². The number of amidine groups is 1. The second-order valence-corrected chi connectivity index (χ2v) is 10.9. The third kappa shape index (κ3) is 6.36. The minimum Gasteiger partial charge on any atom is -0.504 e. The molecule has 3 heterocycles. The van der Waals surface area contributed by atoms with Crippen molar-refractivity contribution in [3.8, 4) is 34.9 Å². The topological polar surface area (TPSA) is 167 Å². The van der Waals surface area contributed by atoms with E-state index in [9.17, 15) is 23.3 Å². The van der Waals surface area contributed by atoms with Crippen LogP contribution in [0.2, 0.25) is 0 Å². The number of aromatic nitrogens is 2. The summed E-state index contributed by atoms with van der Waals surface area (Å²) >= 11 is 0. The maximum Gasteiger partial charge on any atom is 0.343 e. The molecule has 2 aromatic carbocycles. The predicted octanol–water partition coefficient (Wildman–Crippen LogP) is 4.25. The number of esters is 1. The summed E-state index contributed by atoms with van der Waals surface area (Å²) in [6, 6.07) is 10.7. The van der Waals surface area contributed by atoms with Crippen LogP contribution in [0.1, 0.15) is 28.4 Å². The SMILES string of the molecule is CCOC(=O)c1c[nH]c(S(=O)c2ccc(Oc3c(F)cnc(Oc4cc(C#N)ccc4O)c3F)c(C3=NCCN3C)c2)cc1=O. The molecule has 15 heteroatoms. The number of rotatable bonds is 9. The number of phenolic OH excluding ortho intramolecular Hbond substituents is 1. The van der Waals surface area contributed by atoms with Gasteiger partial charge < -0.3 is 29.2 Å². The predicted molar refractivity (Wildman–Crippen MR) is 155 cm³/mol. The van der Waals surface area contributed by atoms with Gasteiger partial charge in [0.05, 0.1) is 36.5 Å². The number of pyridine rings is 2. The van der Waals surface area contributed by atoms with E-state index >= 15 is 4.39 Å². The van der Waals surface area contributed by atoms with Gasteiger partial charge in [0.25, 0.3) is 5.88 Å². The average molecular weight is 636 g/mol. The van der Waals surface area contributed by atoms with Crippen molar-refractivity contribution in [3.63, 3.8) is 0 Å². The molecule has 0 saturated carbocycles. The number of H-pyrrole nitrogens is 1. The number of carbonyl (C=O) groups excluding carboxylic acids is 1. The number of hydrogen-bond acceptors (Lipinski definition) is 11. The molecular formula is C30H23F2N5O7S. The second-order valence-electron chi connectivity index (χ2n) is 9.40. The lowest BCUT2D eigenvalue weighted by atomic mass is 10.1. The monoisotopic (exact) mass is 635 g/mol. The number of likely N-dealkylation sites (N-methyl/N-ethyl adjacent to an activating group) is 1. The lowest BCUT2D eigenvalue weighted by Crippen LogP contribution is -2.24. The molecule has 4 aromatic rings. The number of phenols is 1. The van der Waals surface area contributed by atoms with Gasteiger partial charge in [-0.1, -0.05) is 0 Å². The summed E-state index contributed by atoms with van der Waals surface area (Å²) in [5.41, 5.74) is -0.583. The van der Waals surface area contributed by atoms with Crippen molar-refractivity contribution in [1.29, 1.82) is 5.26 Å². The standard InChI is InChI=1S/C30H23F2N5O7S/c1-3-42-30(40)19-14-35-25(12-22(19)39)45(41)17-5-7-23(18(11-17)28-34-8-9-37(28)2)43-27-20(31)15-36-29(26(27)32)44-24-10-16(13-33)4-6-21(24)38/h4-7,10-12,14-15,38H,3,8-9H2,1-2H3,(H,35,39). The maximum atomic E-state index is 15.6. The molecule has 2 N–H and O–H groups in total. The molecule has 5 rings (SSSR count). The lowest BCUT2D eigenvalue weighted by Gasteiger charge is -2.19. The molecule has 45 heavy (non-hydrogen) atoms. The Morgan fingerprint density at radius 2 is 1.98 bits per heavy atom. The van der Waals surface area contributed by atoms with Gasteiger partial charge in [0.2, 0.25) is 11.6 Å². The van der Waals surface area contributed by atoms with Crippen LogP contribution in [0.4, 0.5) is 8.78 Å². The average Bonchev–Trinajstić information content (AvgIpc) is 3.46. The van der Waals surface area contributed by atoms with Crippen LogP contribution < -0.4 is 14.9 Å². The second kappa shape index (κ2) is 12.9. The Kier molecular flexibility index (Phi) is 8.86.